The van der Waals surface area contributed by atoms with E-state index in [0.29, 0.717) is 11.4 Å². The van der Waals surface area contributed by atoms with Gasteiger partial charge < -0.3 is 10.1 Å². The van der Waals surface area contributed by atoms with Crippen LogP contribution >= 0.6 is 0 Å². The lowest BCUT2D eigenvalue weighted by Gasteiger charge is -2.21. The van der Waals surface area contributed by atoms with E-state index in [2.05, 4.69) is 11.4 Å². The van der Waals surface area contributed by atoms with Gasteiger partial charge in [-0.3, -0.25) is 9.10 Å². The van der Waals surface area contributed by atoms with Crippen LogP contribution in [0.3, 0.4) is 0 Å². The standard InChI is InChI=1S/C21H26N2O4S/c1-14-9-10-17(13-15(14)2)16(3)22-21(24)20-11-12-23(28(4,25)26)18-7-5-6-8-19(18)27-20/h5-10,13,16,20H,11-12H2,1-4H3,(H,22,24)/t16-,20-/m1/s1. The number of ether oxygens (including phenoxy) is 1. The first-order valence-electron chi connectivity index (χ1n) is 9.27. The fourth-order valence-electron chi connectivity index (χ4n) is 3.28. The first-order chi connectivity index (χ1) is 13.2. The number of nitrogens with one attached hydrogen (secondary N) is 1. The lowest BCUT2D eigenvalue weighted by atomic mass is 10.0. The van der Waals surface area contributed by atoms with Gasteiger partial charge in [0.1, 0.15) is 5.75 Å². The Balaban J connectivity index is 1.79. The Labute approximate surface area is 166 Å². The normalized spacial score (nSPS) is 17.9. The SMILES string of the molecule is Cc1ccc([C@@H](C)NC(=O)[C@H]2CCN(S(C)(=O)=O)c3ccccc3O2)cc1C. The predicted octanol–water partition coefficient (Wildman–Crippen LogP) is 3.10. The Hall–Kier alpha value is -2.54. The van der Waals surface area contributed by atoms with Crippen molar-refractivity contribution in [3.63, 3.8) is 0 Å². The maximum Gasteiger partial charge on any atom is 0.261 e. The van der Waals surface area contributed by atoms with Crippen LogP contribution in [-0.2, 0) is 14.8 Å². The van der Waals surface area contributed by atoms with E-state index in [1.165, 1.54) is 15.4 Å². The Morgan fingerprint density at radius 2 is 1.89 bits per heavy atom. The second-order valence-corrected chi connectivity index (χ2v) is 9.18. The Kier molecular flexibility index (Phi) is 5.65. The molecule has 0 radical (unpaired) electrons. The van der Waals surface area contributed by atoms with Crippen LogP contribution in [0.4, 0.5) is 5.69 Å². The molecule has 1 aliphatic heterocycles. The van der Waals surface area contributed by atoms with Gasteiger partial charge in [-0.2, -0.15) is 0 Å². The van der Waals surface area contributed by atoms with Crippen molar-refractivity contribution in [1.29, 1.82) is 0 Å². The molecule has 7 heteroatoms. The third kappa shape index (κ3) is 4.30. The summed E-state index contributed by atoms with van der Waals surface area (Å²) in [6.45, 7) is 6.20. The van der Waals surface area contributed by atoms with Gasteiger partial charge in [-0.15, -0.1) is 0 Å². The first-order valence-corrected chi connectivity index (χ1v) is 11.1. The molecule has 0 unspecified atom stereocenters. The number of sulfonamides is 1. The molecule has 3 rings (SSSR count). The van der Waals surface area contributed by atoms with E-state index in [4.69, 9.17) is 4.74 Å². The molecule has 0 aromatic heterocycles. The summed E-state index contributed by atoms with van der Waals surface area (Å²) in [5, 5.41) is 2.99. The molecule has 1 amide bonds. The number of amides is 1. The topological polar surface area (TPSA) is 75.7 Å². The van der Waals surface area contributed by atoms with E-state index in [1.54, 1.807) is 24.3 Å². The first kappa shape index (κ1) is 20.2. The second kappa shape index (κ2) is 7.83. The van der Waals surface area contributed by atoms with E-state index < -0.39 is 16.1 Å². The summed E-state index contributed by atoms with van der Waals surface area (Å²) in [4.78, 5) is 12.8. The summed E-state index contributed by atoms with van der Waals surface area (Å²) in [5.74, 6) is 0.139. The van der Waals surface area contributed by atoms with Gasteiger partial charge in [0.2, 0.25) is 10.0 Å². The summed E-state index contributed by atoms with van der Waals surface area (Å²) < 4.78 is 31.5. The smallest absolute Gasteiger partial charge is 0.261 e. The van der Waals surface area contributed by atoms with Crippen molar-refractivity contribution in [3.8, 4) is 5.75 Å². The Morgan fingerprint density at radius 1 is 1.18 bits per heavy atom. The fraction of sp³-hybridized carbons (Fsp3) is 0.381. The van der Waals surface area contributed by atoms with Crippen LogP contribution in [0.15, 0.2) is 42.5 Å². The van der Waals surface area contributed by atoms with Gasteiger partial charge in [-0.25, -0.2) is 8.42 Å². The maximum atomic E-state index is 12.8. The predicted molar refractivity (Wildman–Crippen MR) is 110 cm³/mol. The number of nitrogens with zero attached hydrogens (tertiary/aromatic N) is 1. The number of rotatable bonds is 4. The van der Waals surface area contributed by atoms with Gasteiger partial charge in [-0.1, -0.05) is 30.3 Å². The lowest BCUT2D eigenvalue weighted by molar-refractivity contribution is -0.128. The van der Waals surface area contributed by atoms with Crippen LogP contribution in [0, 0.1) is 13.8 Å². The maximum absolute atomic E-state index is 12.8. The summed E-state index contributed by atoms with van der Waals surface area (Å²) in [7, 11) is -3.47. The van der Waals surface area contributed by atoms with Gasteiger partial charge in [0.25, 0.3) is 5.91 Å². The van der Waals surface area contributed by atoms with Crippen LogP contribution < -0.4 is 14.4 Å². The minimum atomic E-state index is -3.47. The highest BCUT2D eigenvalue weighted by molar-refractivity contribution is 7.92. The number of para-hydroxylation sites is 2. The fourth-order valence-corrected chi connectivity index (χ4v) is 4.23. The van der Waals surface area contributed by atoms with Crippen LogP contribution in [0.1, 0.15) is 36.1 Å². The van der Waals surface area contributed by atoms with E-state index in [1.807, 2.05) is 32.9 Å². The second-order valence-electron chi connectivity index (χ2n) is 7.27. The zero-order chi connectivity index (χ0) is 20.5. The third-order valence-electron chi connectivity index (χ3n) is 5.08. The van der Waals surface area contributed by atoms with Crippen molar-refractivity contribution in [1.82, 2.24) is 5.32 Å². The molecule has 0 spiro atoms. The number of fused-ring (bicyclic) bond motifs is 1. The third-order valence-corrected chi connectivity index (χ3v) is 6.26. The molecule has 0 fully saturated rings. The van der Waals surface area contributed by atoms with Gasteiger partial charge in [0.05, 0.1) is 18.0 Å². The number of carbonyl (C=O) groups is 1. The summed E-state index contributed by atoms with van der Waals surface area (Å²) in [6, 6.07) is 12.8. The van der Waals surface area contributed by atoms with Crippen LogP contribution in [0.5, 0.6) is 5.75 Å². The highest BCUT2D eigenvalue weighted by Crippen LogP contribution is 2.34. The van der Waals surface area contributed by atoms with Crippen molar-refractivity contribution in [2.24, 2.45) is 0 Å². The number of hydrogen-bond acceptors (Lipinski definition) is 4. The van der Waals surface area contributed by atoms with Crippen molar-refractivity contribution < 1.29 is 17.9 Å². The summed E-state index contributed by atoms with van der Waals surface area (Å²) in [6.07, 6.45) is 0.668. The minimum absolute atomic E-state index is 0.181. The van der Waals surface area contributed by atoms with Crippen molar-refractivity contribution in [2.75, 3.05) is 17.1 Å². The number of aryl methyl sites for hydroxylation is 2. The van der Waals surface area contributed by atoms with E-state index in [9.17, 15) is 13.2 Å². The molecule has 28 heavy (non-hydrogen) atoms. The van der Waals surface area contributed by atoms with Gasteiger partial charge >= 0.3 is 0 Å². The highest BCUT2D eigenvalue weighted by atomic mass is 32.2. The summed E-state index contributed by atoms with van der Waals surface area (Å²) >= 11 is 0. The number of carbonyl (C=O) groups excluding carboxylic acids is 1. The molecule has 2 aromatic carbocycles. The molecule has 1 N–H and O–H groups in total. The van der Waals surface area contributed by atoms with Gasteiger partial charge in [-0.05, 0) is 49.6 Å². The molecule has 0 aliphatic carbocycles. The molecule has 1 aliphatic rings. The molecule has 0 bridgehead atoms. The monoisotopic (exact) mass is 402 g/mol. The zero-order valence-electron chi connectivity index (χ0n) is 16.6. The molecule has 1 heterocycles. The van der Waals surface area contributed by atoms with E-state index >= 15 is 0 Å². The Bertz CT molecular complexity index is 988. The molecular weight excluding hydrogens is 376 g/mol. The number of benzene rings is 2. The minimum Gasteiger partial charge on any atom is -0.478 e. The van der Waals surface area contributed by atoms with E-state index in [0.717, 1.165) is 11.8 Å². The van der Waals surface area contributed by atoms with Crippen LogP contribution in [-0.4, -0.2) is 33.2 Å². The molecule has 6 nitrogen and oxygen atoms in total. The highest BCUT2D eigenvalue weighted by Gasteiger charge is 2.31. The van der Waals surface area contributed by atoms with Crippen LogP contribution in [0.2, 0.25) is 0 Å². The molecule has 0 saturated carbocycles. The average molecular weight is 403 g/mol. The largest absolute Gasteiger partial charge is 0.478 e. The quantitative estimate of drug-likeness (QED) is 0.853. The van der Waals surface area contributed by atoms with Gasteiger partial charge in [0.15, 0.2) is 6.10 Å². The number of anilines is 1. The Morgan fingerprint density at radius 3 is 2.57 bits per heavy atom. The zero-order valence-corrected chi connectivity index (χ0v) is 17.4. The molecule has 0 saturated heterocycles. The lowest BCUT2D eigenvalue weighted by Crippen LogP contribution is -2.40. The molecule has 2 atom stereocenters. The van der Waals surface area contributed by atoms with Gasteiger partial charge in [0, 0.05) is 13.0 Å². The van der Waals surface area contributed by atoms with Crippen molar-refractivity contribution in [3.05, 3.63) is 59.2 Å². The van der Waals surface area contributed by atoms with Crippen molar-refractivity contribution >= 4 is 21.6 Å². The molecule has 150 valence electrons. The number of hydrogen-bond donors (Lipinski definition) is 1. The average Bonchev–Trinajstić information content (AvgIpc) is 2.83. The molecule has 2 aromatic rings. The molecular formula is C21H26N2O4S. The summed E-state index contributed by atoms with van der Waals surface area (Å²) in [5.41, 5.74) is 3.85. The van der Waals surface area contributed by atoms with Crippen LogP contribution in [0.25, 0.3) is 0 Å². The van der Waals surface area contributed by atoms with E-state index in [-0.39, 0.29) is 24.9 Å². The van der Waals surface area contributed by atoms with Crippen molar-refractivity contribution in [2.45, 2.75) is 39.3 Å².